The zero-order valence-corrected chi connectivity index (χ0v) is 20.9. The van der Waals surface area contributed by atoms with Crippen LogP contribution in [-0.4, -0.2) is 58.7 Å². The smallest absolute Gasteiger partial charge is 0.359 e. The van der Waals surface area contributed by atoms with Crippen molar-refractivity contribution in [2.24, 2.45) is 0 Å². The van der Waals surface area contributed by atoms with Gasteiger partial charge in [0, 0.05) is 31.6 Å². The molecule has 2 atom stereocenters. The van der Waals surface area contributed by atoms with Crippen LogP contribution in [0.5, 0.6) is 0 Å². The lowest BCUT2D eigenvalue weighted by atomic mass is 9.91. The highest BCUT2D eigenvalue weighted by Crippen LogP contribution is 2.28. The number of carbonyl (C=O) groups excluding carboxylic acids is 2. The minimum atomic E-state index is -0.626. The van der Waals surface area contributed by atoms with Gasteiger partial charge < -0.3 is 9.57 Å². The molecule has 31 heavy (non-hydrogen) atoms. The first-order chi connectivity index (χ1) is 14.1. The van der Waals surface area contributed by atoms with E-state index in [9.17, 15) is 9.59 Å². The Morgan fingerprint density at radius 1 is 1.19 bits per heavy atom. The van der Waals surface area contributed by atoms with Crippen molar-refractivity contribution >= 4 is 24.3 Å². The van der Waals surface area contributed by atoms with E-state index in [1.807, 2.05) is 39.0 Å². The van der Waals surface area contributed by atoms with Gasteiger partial charge in [-0.2, -0.15) is 5.06 Å². The Labute approximate surface area is 194 Å². The molecule has 6 nitrogen and oxygen atoms in total. The summed E-state index contributed by atoms with van der Waals surface area (Å²) >= 11 is 0. The van der Waals surface area contributed by atoms with E-state index < -0.39 is 11.5 Å². The van der Waals surface area contributed by atoms with Gasteiger partial charge >= 0.3 is 5.97 Å². The largest absolute Gasteiger partial charge is 0.371 e. The summed E-state index contributed by atoms with van der Waals surface area (Å²) in [5.74, 6) is -0.811. The second-order valence-corrected chi connectivity index (χ2v) is 8.79. The van der Waals surface area contributed by atoms with Crippen molar-refractivity contribution < 1.29 is 19.2 Å². The molecule has 0 spiro atoms. The zero-order valence-electron chi connectivity index (χ0n) is 20.1. The van der Waals surface area contributed by atoms with Crippen LogP contribution in [-0.2, 0) is 19.2 Å². The normalized spacial score (nSPS) is 18.8. The third kappa shape index (κ3) is 9.17. The lowest BCUT2D eigenvalue weighted by Crippen LogP contribution is -2.47. The molecule has 1 aliphatic rings. The highest BCUT2D eigenvalue weighted by Gasteiger charge is 2.34. The molecule has 0 heterocycles. The van der Waals surface area contributed by atoms with E-state index in [1.54, 1.807) is 0 Å². The van der Waals surface area contributed by atoms with Crippen LogP contribution in [0.25, 0.3) is 0 Å². The minimum absolute atomic E-state index is 0. The summed E-state index contributed by atoms with van der Waals surface area (Å²) in [6.45, 7) is 20.2. The molecular formula is C24H41ClN2O4. The number of nitrogens with zero attached hydrogens (tertiary/aromatic N) is 2. The predicted octanol–water partition coefficient (Wildman–Crippen LogP) is 4.85. The van der Waals surface area contributed by atoms with Gasteiger partial charge in [-0.15, -0.1) is 25.6 Å². The molecule has 1 rings (SSSR count). The molecular weight excluding hydrogens is 416 g/mol. The van der Waals surface area contributed by atoms with E-state index >= 15 is 0 Å². The molecule has 0 fully saturated rings. The average molecular weight is 457 g/mol. The second-order valence-electron chi connectivity index (χ2n) is 8.79. The van der Waals surface area contributed by atoms with Crippen molar-refractivity contribution in [1.29, 1.82) is 0 Å². The fraction of sp³-hybridized carbons (Fsp3) is 0.667. The number of carbonyl (C=O) groups is 2. The summed E-state index contributed by atoms with van der Waals surface area (Å²) < 4.78 is 6.28. The van der Waals surface area contributed by atoms with Crippen LogP contribution in [0.2, 0.25) is 0 Å². The van der Waals surface area contributed by atoms with Crippen LogP contribution in [0.4, 0.5) is 0 Å². The number of halogens is 1. The van der Waals surface area contributed by atoms with Crippen molar-refractivity contribution in [1.82, 2.24) is 9.96 Å². The summed E-state index contributed by atoms with van der Waals surface area (Å²) in [5, 5.41) is 1.14. The van der Waals surface area contributed by atoms with Crippen molar-refractivity contribution in [3.05, 3.63) is 37.0 Å². The second kappa shape index (κ2) is 13.7. The molecule has 0 bridgehead atoms. The quantitative estimate of drug-likeness (QED) is 0.347. The SMILES string of the molecule is C=CCN(CC=C)C1CC(C(=O)ON(C(C)=O)C(C)(C)C)=CC(OC(CC)CC)C1.Cl. The minimum Gasteiger partial charge on any atom is -0.371 e. The standard InChI is InChI=1S/C24H40N2O4.ClH/c1-9-13-25(14-10-2)20-15-19(16-22(17-20)29-21(11-3)12-4)23(28)30-26(18(5)27)24(6,7)8;/h9-10,16,20-22H,1-2,11-15,17H2,3-8H3;1H. The van der Waals surface area contributed by atoms with Gasteiger partial charge in [0.2, 0.25) is 0 Å². The number of hydroxylamine groups is 2. The van der Waals surface area contributed by atoms with E-state index in [-0.39, 0.29) is 36.6 Å². The van der Waals surface area contributed by atoms with Crippen LogP contribution >= 0.6 is 12.4 Å². The Hall–Kier alpha value is -1.63. The fourth-order valence-corrected chi connectivity index (χ4v) is 3.74. The number of hydrogen-bond acceptors (Lipinski definition) is 5. The van der Waals surface area contributed by atoms with E-state index in [2.05, 4.69) is 31.9 Å². The first-order valence-electron chi connectivity index (χ1n) is 10.9. The molecule has 0 aliphatic heterocycles. The molecule has 0 aromatic rings. The Kier molecular flexibility index (Phi) is 13.0. The molecule has 1 aliphatic carbocycles. The molecule has 0 aromatic heterocycles. The van der Waals surface area contributed by atoms with Gasteiger partial charge in [-0.1, -0.05) is 26.0 Å². The van der Waals surface area contributed by atoms with Gasteiger partial charge in [-0.3, -0.25) is 9.69 Å². The third-order valence-corrected chi connectivity index (χ3v) is 5.20. The molecule has 0 saturated carbocycles. The zero-order chi connectivity index (χ0) is 22.9. The van der Waals surface area contributed by atoms with Crippen molar-refractivity contribution in [3.8, 4) is 0 Å². The average Bonchev–Trinajstić information content (AvgIpc) is 2.68. The van der Waals surface area contributed by atoms with Crippen molar-refractivity contribution in [3.63, 3.8) is 0 Å². The van der Waals surface area contributed by atoms with Gasteiger partial charge in [-0.25, -0.2) is 4.79 Å². The van der Waals surface area contributed by atoms with Gasteiger partial charge in [0.1, 0.15) is 0 Å². The molecule has 7 heteroatoms. The van der Waals surface area contributed by atoms with E-state index in [0.29, 0.717) is 25.1 Å². The van der Waals surface area contributed by atoms with Crippen LogP contribution in [0, 0.1) is 0 Å². The Bertz CT molecular complexity index is 628. The van der Waals surface area contributed by atoms with Gasteiger partial charge in [0.05, 0.1) is 17.7 Å². The summed E-state index contributed by atoms with van der Waals surface area (Å²) in [7, 11) is 0. The molecule has 0 radical (unpaired) electrons. The monoisotopic (exact) mass is 456 g/mol. The third-order valence-electron chi connectivity index (χ3n) is 5.20. The topological polar surface area (TPSA) is 59.1 Å². The van der Waals surface area contributed by atoms with Crippen LogP contribution in [0.3, 0.4) is 0 Å². The summed E-state index contributed by atoms with van der Waals surface area (Å²) in [6.07, 6.45) is 8.67. The van der Waals surface area contributed by atoms with Gasteiger partial charge in [0.15, 0.2) is 0 Å². The summed E-state index contributed by atoms with van der Waals surface area (Å²) in [5.41, 5.74) is -0.0879. The maximum atomic E-state index is 13.0. The van der Waals surface area contributed by atoms with Crippen molar-refractivity contribution in [2.75, 3.05) is 13.1 Å². The molecule has 0 saturated heterocycles. The molecule has 178 valence electrons. The Morgan fingerprint density at radius 2 is 1.74 bits per heavy atom. The first kappa shape index (κ1) is 29.4. The van der Waals surface area contributed by atoms with Crippen molar-refractivity contribution in [2.45, 2.75) is 91.0 Å². The van der Waals surface area contributed by atoms with Gasteiger partial charge in [-0.05, 0) is 52.5 Å². The number of rotatable bonds is 10. The van der Waals surface area contributed by atoms with E-state index in [0.717, 1.165) is 24.3 Å². The van der Waals surface area contributed by atoms with Gasteiger partial charge in [0.25, 0.3) is 5.91 Å². The predicted molar refractivity (Wildman–Crippen MR) is 128 cm³/mol. The number of amides is 1. The van der Waals surface area contributed by atoms with Crippen LogP contribution in [0.1, 0.15) is 67.2 Å². The molecule has 0 N–H and O–H groups in total. The first-order valence-corrected chi connectivity index (χ1v) is 10.9. The number of hydrogen-bond donors (Lipinski definition) is 0. The molecule has 2 unspecified atom stereocenters. The maximum absolute atomic E-state index is 13.0. The molecule has 1 amide bonds. The van der Waals surface area contributed by atoms with E-state index in [1.165, 1.54) is 6.92 Å². The van der Waals surface area contributed by atoms with Crippen LogP contribution in [0.15, 0.2) is 37.0 Å². The maximum Gasteiger partial charge on any atom is 0.359 e. The highest BCUT2D eigenvalue weighted by atomic mass is 35.5. The summed E-state index contributed by atoms with van der Waals surface area (Å²) in [4.78, 5) is 32.8. The molecule has 0 aromatic carbocycles. The summed E-state index contributed by atoms with van der Waals surface area (Å²) in [6, 6.07) is 0.0910. The Morgan fingerprint density at radius 3 is 2.16 bits per heavy atom. The van der Waals surface area contributed by atoms with Crippen LogP contribution < -0.4 is 0 Å². The lowest BCUT2D eigenvalue weighted by Gasteiger charge is -2.37. The Balaban J connectivity index is 0.00000900. The highest BCUT2D eigenvalue weighted by molar-refractivity contribution is 5.90. The fourth-order valence-electron chi connectivity index (χ4n) is 3.74. The van der Waals surface area contributed by atoms with E-state index in [4.69, 9.17) is 9.57 Å². The lowest BCUT2D eigenvalue weighted by molar-refractivity contribution is -0.212. The number of ether oxygens (including phenoxy) is 1.